The molecule has 0 radical (unpaired) electrons. The van der Waals surface area contributed by atoms with Crippen LogP contribution in [0.4, 0.5) is 5.82 Å². The molecule has 0 aromatic carbocycles. The van der Waals surface area contributed by atoms with E-state index in [2.05, 4.69) is 33.1 Å². The minimum absolute atomic E-state index is 0. The van der Waals surface area contributed by atoms with Crippen LogP contribution in [0.1, 0.15) is 18.9 Å². The van der Waals surface area contributed by atoms with Crippen molar-refractivity contribution in [1.82, 2.24) is 19.4 Å². The van der Waals surface area contributed by atoms with Crippen molar-refractivity contribution >= 4 is 29.3 Å². The van der Waals surface area contributed by atoms with Crippen molar-refractivity contribution in [3.05, 3.63) is 22.2 Å². The Bertz CT molecular complexity index is 919. The number of nitrogens with zero attached hydrogens (tertiary/aromatic N) is 5. The summed E-state index contributed by atoms with van der Waals surface area (Å²) >= 11 is 0. The molecular weight excluding hydrogens is 340 g/mol. The van der Waals surface area contributed by atoms with Crippen molar-refractivity contribution < 1.29 is 0 Å². The van der Waals surface area contributed by atoms with Crippen molar-refractivity contribution in [3.8, 4) is 17.9 Å². The summed E-state index contributed by atoms with van der Waals surface area (Å²) in [6, 6.07) is 2.26. The van der Waals surface area contributed by atoms with E-state index in [1.165, 1.54) is 10.9 Å². The normalized spacial score (nSPS) is 14.2. The fraction of sp³-hybridized carbons (Fsp3) is 0.471. The molecule has 0 saturated carbocycles. The zero-order valence-electron chi connectivity index (χ0n) is 14.4. The Morgan fingerprint density at radius 3 is 2.88 bits per heavy atom. The number of nitriles is 1. The van der Waals surface area contributed by atoms with Gasteiger partial charge in [-0.15, -0.1) is 18.3 Å². The molecule has 0 spiro atoms. The third-order valence-corrected chi connectivity index (χ3v) is 4.26. The number of anilines is 1. The van der Waals surface area contributed by atoms with Crippen LogP contribution in [0.3, 0.4) is 0 Å². The average Bonchev–Trinajstić information content (AvgIpc) is 2.74. The minimum atomic E-state index is -0.159. The smallest absolute Gasteiger partial charge is 0.277 e. The van der Waals surface area contributed by atoms with Crippen LogP contribution in [-0.4, -0.2) is 40.3 Å². The molecular formula is C17H21ClN6O. The Balaban J connectivity index is 0.00000225. The highest BCUT2D eigenvalue weighted by atomic mass is 35.5. The lowest BCUT2D eigenvalue weighted by atomic mass is 10.2. The van der Waals surface area contributed by atoms with Gasteiger partial charge in [0.25, 0.3) is 5.56 Å². The summed E-state index contributed by atoms with van der Waals surface area (Å²) in [7, 11) is 1.67. The van der Waals surface area contributed by atoms with Gasteiger partial charge < -0.3 is 19.4 Å². The highest BCUT2D eigenvalue weighted by Crippen LogP contribution is 2.29. The van der Waals surface area contributed by atoms with Gasteiger partial charge in [-0.1, -0.05) is 5.92 Å². The maximum atomic E-state index is 12.7. The van der Waals surface area contributed by atoms with E-state index in [9.17, 15) is 10.1 Å². The second kappa shape index (κ2) is 8.06. The Hall–Kier alpha value is -2.48. The number of halogens is 1. The van der Waals surface area contributed by atoms with Crippen LogP contribution in [0.15, 0.2) is 11.1 Å². The second-order valence-corrected chi connectivity index (χ2v) is 5.77. The van der Waals surface area contributed by atoms with Crippen molar-refractivity contribution in [2.75, 3.05) is 31.1 Å². The first-order valence-corrected chi connectivity index (χ1v) is 8.02. The van der Waals surface area contributed by atoms with Gasteiger partial charge in [0.05, 0.1) is 12.9 Å². The number of rotatable bonds is 2. The van der Waals surface area contributed by atoms with E-state index < -0.39 is 0 Å². The molecule has 0 bridgehead atoms. The first-order valence-electron chi connectivity index (χ1n) is 8.02. The van der Waals surface area contributed by atoms with Gasteiger partial charge in [-0.3, -0.25) is 4.79 Å². The van der Waals surface area contributed by atoms with Gasteiger partial charge in [-0.2, -0.15) is 5.26 Å². The summed E-state index contributed by atoms with van der Waals surface area (Å²) in [6.07, 6.45) is 2.45. The monoisotopic (exact) mass is 360 g/mol. The Labute approximate surface area is 152 Å². The standard InChI is InChI=1S/C17H20N6O.ClH/c1-3-4-9-23-15-14(20-12-21(2)17(15)24)13(11-18)16(23)22-8-5-6-19-7-10-22;/h12,19H,5-10H2,1-2H3;1H. The van der Waals surface area contributed by atoms with Crippen molar-refractivity contribution in [3.63, 3.8) is 0 Å². The lowest BCUT2D eigenvalue weighted by Crippen LogP contribution is -2.30. The highest BCUT2D eigenvalue weighted by molar-refractivity contribution is 5.89. The van der Waals surface area contributed by atoms with Gasteiger partial charge in [0.15, 0.2) is 0 Å². The van der Waals surface area contributed by atoms with Crippen LogP contribution in [0.25, 0.3) is 11.0 Å². The van der Waals surface area contributed by atoms with Gasteiger partial charge in [0.1, 0.15) is 28.5 Å². The summed E-state index contributed by atoms with van der Waals surface area (Å²) in [5.74, 6) is 6.65. The molecule has 1 saturated heterocycles. The molecule has 1 fully saturated rings. The number of aromatic nitrogens is 3. The van der Waals surface area contributed by atoms with Gasteiger partial charge in [-0.05, 0) is 19.9 Å². The van der Waals surface area contributed by atoms with Crippen molar-refractivity contribution in [1.29, 1.82) is 5.26 Å². The predicted octanol–water partition coefficient (Wildman–Crippen LogP) is 0.851. The number of hydrogen-bond donors (Lipinski definition) is 1. The molecule has 1 N–H and O–H groups in total. The van der Waals surface area contributed by atoms with E-state index in [1.54, 1.807) is 14.0 Å². The molecule has 25 heavy (non-hydrogen) atoms. The topological polar surface area (TPSA) is 78.9 Å². The summed E-state index contributed by atoms with van der Waals surface area (Å²) in [4.78, 5) is 19.2. The largest absolute Gasteiger partial charge is 0.355 e. The van der Waals surface area contributed by atoms with E-state index in [4.69, 9.17) is 0 Å². The molecule has 0 amide bonds. The van der Waals surface area contributed by atoms with Crippen LogP contribution in [0, 0.1) is 23.2 Å². The van der Waals surface area contributed by atoms with E-state index >= 15 is 0 Å². The van der Waals surface area contributed by atoms with E-state index in [-0.39, 0.29) is 18.0 Å². The average molecular weight is 361 g/mol. The van der Waals surface area contributed by atoms with E-state index in [0.717, 1.165) is 38.4 Å². The van der Waals surface area contributed by atoms with Crippen LogP contribution in [0.5, 0.6) is 0 Å². The zero-order valence-corrected chi connectivity index (χ0v) is 15.2. The number of nitrogens with one attached hydrogen (secondary N) is 1. The van der Waals surface area contributed by atoms with Crippen LogP contribution >= 0.6 is 12.4 Å². The van der Waals surface area contributed by atoms with Gasteiger partial charge >= 0.3 is 0 Å². The first kappa shape index (κ1) is 18.9. The molecule has 0 unspecified atom stereocenters. The SMILES string of the molecule is CC#CCn1c(N2CCCNCC2)c(C#N)c2ncn(C)c(=O)c21.Cl. The summed E-state index contributed by atoms with van der Waals surface area (Å²) in [6.45, 7) is 5.55. The molecule has 7 nitrogen and oxygen atoms in total. The summed E-state index contributed by atoms with van der Waals surface area (Å²) in [5.41, 5.74) is 1.22. The molecule has 8 heteroatoms. The predicted molar refractivity (Wildman–Crippen MR) is 100 cm³/mol. The summed E-state index contributed by atoms with van der Waals surface area (Å²) in [5, 5.41) is 13.1. The van der Waals surface area contributed by atoms with E-state index in [0.29, 0.717) is 23.1 Å². The fourth-order valence-electron chi connectivity index (χ4n) is 3.10. The maximum absolute atomic E-state index is 12.7. The third kappa shape index (κ3) is 3.34. The molecule has 0 aliphatic carbocycles. The summed E-state index contributed by atoms with van der Waals surface area (Å²) < 4.78 is 3.29. The van der Waals surface area contributed by atoms with Crippen LogP contribution in [0.2, 0.25) is 0 Å². The number of aryl methyl sites for hydroxylation is 1. The number of hydrogen-bond acceptors (Lipinski definition) is 5. The molecule has 3 heterocycles. The fourth-order valence-corrected chi connectivity index (χ4v) is 3.10. The lowest BCUT2D eigenvalue weighted by Gasteiger charge is -2.24. The number of fused-ring (bicyclic) bond motifs is 1. The van der Waals surface area contributed by atoms with Crippen LogP contribution < -0.4 is 15.8 Å². The van der Waals surface area contributed by atoms with Crippen molar-refractivity contribution in [2.45, 2.75) is 19.9 Å². The highest BCUT2D eigenvalue weighted by Gasteiger charge is 2.25. The zero-order chi connectivity index (χ0) is 17.1. The molecule has 132 valence electrons. The van der Waals surface area contributed by atoms with Gasteiger partial charge in [0, 0.05) is 26.7 Å². The quantitative estimate of drug-likeness (QED) is 0.803. The second-order valence-electron chi connectivity index (χ2n) is 5.77. The van der Waals surface area contributed by atoms with Crippen molar-refractivity contribution in [2.24, 2.45) is 7.05 Å². The molecule has 2 aromatic heterocycles. The minimum Gasteiger partial charge on any atom is -0.355 e. The Kier molecular flexibility index (Phi) is 6.08. The van der Waals surface area contributed by atoms with Gasteiger partial charge in [0.2, 0.25) is 0 Å². The first-order chi connectivity index (χ1) is 11.7. The molecule has 0 atom stereocenters. The lowest BCUT2D eigenvalue weighted by molar-refractivity contribution is 0.724. The van der Waals surface area contributed by atoms with Crippen LogP contribution in [-0.2, 0) is 13.6 Å². The molecule has 2 aromatic rings. The molecule has 1 aliphatic heterocycles. The Morgan fingerprint density at radius 1 is 1.36 bits per heavy atom. The third-order valence-electron chi connectivity index (χ3n) is 4.26. The van der Waals surface area contributed by atoms with E-state index in [1.807, 2.05) is 4.57 Å². The molecule has 3 rings (SSSR count). The Morgan fingerprint density at radius 2 is 2.16 bits per heavy atom. The maximum Gasteiger partial charge on any atom is 0.277 e. The molecule has 1 aliphatic rings. The van der Waals surface area contributed by atoms with Gasteiger partial charge in [-0.25, -0.2) is 4.98 Å².